The molecule has 6 heteroatoms. The zero-order chi connectivity index (χ0) is 14.7. The highest BCUT2D eigenvalue weighted by atomic mass is 79.9. The molecule has 2 rings (SSSR count). The average Bonchev–Trinajstić information content (AvgIpc) is 2.41. The molecule has 0 saturated carbocycles. The van der Waals surface area contributed by atoms with Gasteiger partial charge >= 0.3 is 0 Å². The Kier molecular flexibility index (Phi) is 4.34. The third kappa shape index (κ3) is 3.14. The summed E-state index contributed by atoms with van der Waals surface area (Å²) in [5, 5.41) is 2.56. The third-order valence-corrected chi connectivity index (χ3v) is 3.50. The van der Waals surface area contributed by atoms with E-state index in [0.29, 0.717) is 6.07 Å². The number of hydrogen-bond acceptors (Lipinski definition) is 2. The maximum Gasteiger partial charge on any atom is 0.254 e. The standard InChI is InChI=1S/C14H11BrF2N2O/c15-10-4-2-1-3-8(10)7-19-14(20)9-5-13(18)12(17)6-11(9)16/h1-6H,7,18H2,(H,19,20). The molecule has 0 heterocycles. The fourth-order valence-electron chi connectivity index (χ4n) is 1.65. The highest BCUT2D eigenvalue weighted by Crippen LogP contribution is 2.18. The van der Waals surface area contributed by atoms with Crippen LogP contribution in [0.4, 0.5) is 14.5 Å². The largest absolute Gasteiger partial charge is 0.396 e. The summed E-state index contributed by atoms with van der Waals surface area (Å²) in [7, 11) is 0. The summed E-state index contributed by atoms with van der Waals surface area (Å²) < 4.78 is 27.4. The second-order valence-corrected chi connectivity index (χ2v) is 4.98. The summed E-state index contributed by atoms with van der Waals surface area (Å²) in [6, 6.07) is 8.90. The molecule has 3 N–H and O–H groups in total. The van der Waals surface area contributed by atoms with E-state index >= 15 is 0 Å². The molecule has 0 atom stereocenters. The van der Waals surface area contributed by atoms with E-state index in [1.165, 1.54) is 0 Å². The maximum absolute atomic E-state index is 13.5. The molecule has 0 aliphatic carbocycles. The molecule has 104 valence electrons. The minimum Gasteiger partial charge on any atom is -0.396 e. The lowest BCUT2D eigenvalue weighted by Crippen LogP contribution is -2.24. The minimum absolute atomic E-state index is 0.219. The number of hydrogen-bond donors (Lipinski definition) is 2. The Morgan fingerprint density at radius 3 is 2.60 bits per heavy atom. The van der Waals surface area contributed by atoms with E-state index in [4.69, 9.17) is 5.73 Å². The number of nitrogen functional groups attached to an aromatic ring is 1. The fourth-order valence-corrected chi connectivity index (χ4v) is 2.08. The number of halogens is 3. The minimum atomic E-state index is -0.943. The van der Waals surface area contributed by atoms with Crippen LogP contribution in [0.1, 0.15) is 15.9 Å². The summed E-state index contributed by atoms with van der Waals surface area (Å²) in [5.41, 5.74) is 5.63. The highest BCUT2D eigenvalue weighted by molar-refractivity contribution is 9.10. The van der Waals surface area contributed by atoms with Crippen molar-refractivity contribution in [2.75, 3.05) is 5.73 Å². The van der Waals surface area contributed by atoms with Crippen LogP contribution in [0.2, 0.25) is 0 Å². The van der Waals surface area contributed by atoms with Gasteiger partial charge in [0.1, 0.15) is 11.6 Å². The van der Waals surface area contributed by atoms with Crippen LogP contribution in [0.25, 0.3) is 0 Å². The van der Waals surface area contributed by atoms with Gasteiger partial charge in [-0.15, -0.1) is 0 Å². The van der Waals surface area contributed by atoms with Crippen LogP contribution in [-0.2, 0) is 6.54 Å². The van der Waals surface area contributed by atoms with E-state index in [1.54, 1.807) is 0 Å². The van der Waals surface area contributed by atoms with E-state index in [1.807, 2.05) is 24.3 Å². The Hall–Kier alpha value is -1.95. The first-order valence-electron chi connectivity index (χ1n) is 5.75. The second kappa shape index (κ2) is 6.00. The number of carbonyl (C=O) groups is 1. The number of benzene rings is 2. The molecule has 0 unspecified atom stereocenters. The predicted molar refractivity (Wildman–Crippen MR) is 76.1 cm³/mol. The smallest absolute Gasteiger partial charge is 0.254 e. The van der Waals surface area contributed by atoms with Gasteiger partial charge in [-0.25, -0.2) is 8.78 Å². The van der Waals surface area contributed by atoms with Crippen LogP contribution in [0.15, 0.2) is 40.9 Å². The Morgan fingerprint density at radius 2 is 1.90 bits per heavy atom. The van der Waals surface area contributed by atoms with E-state index in [2.05, 4.69) is 21.2 Å². The van der Waals surface area contributed by atoms with Crippen molar-refractivity contribution >= 4 is 27.5 Å². The SMILES string of the molecule is Nc1cc(C(=O)NCc2ccccc2Br)c(F)cc1F. The Balaban J connectivity index is 2.13. The zero-order valence-electron chi connectivity index (χ0n) is 10.3. The summed E-state index contributed by atoms with van der Waals surface area (Å²) in [5.74, 6) is -2.48. The van der Waals surface area contributed by atoms with Gasteiger partial charge in [-0.1, -0.05) is 34.1 Å². The molecule has 0 saturated heterocycles. The molecule has 0 spiro atoms. The summed E-state index contributed by atoms with van der Waals surface area (Å²) in [6.45, 7) is 0.219. The lowest BCUT2D eigenvalue weighted by Gasteiger charge is -2.08. The molecule has 2 aromatic carbocycles. The van der Waals surface area contributed by atoms with Gasteiger partial charge in [-0.05, 0) is 17.7 Å². The number of anilines is 1. The van der Waals surface area contributed by atoms with Crippen molar-refractivity contribution in [3.05, 3.63) is 63.6 Å². The lowest BCUT2D eigenvalue weighted by molar-refractivity contribution is 0.0947. The molecular formula is C14H11BrF2N2O. The molecule has 1 amide bonds. The molecular weight excluding hydrogens is 330 g/mol. The predicted octanol–water partition coefficient (Wildman–Crippen LogP) is 3.24. The summed E-state index contributed by atoms with van der Waals surface area (Å²) in [4.78, 5) is 11.9. The van der Waals surface area contributed by atoms with Crippen molar-refractivity contribution in [1.29, 1.82) is 0 Å². The van der Waals surface area contributed by atoms with E-state index in [9.17, 15) is 13.6 Å². The first-order valence-corrected chi connectivity index (χ1v) is 6.54. The third-order valence-electron chi connectivity index (χ3n) is 2.73. The van der Waals surface area contributed by atoms with Gasteiger partial charge in [0.05, 0.1) is 11.3 Å². The van der Waals surface area contributed by atoms with Gasteiger partial charge in [-0.3, -0.25) is 4.79 Å². The molecule has 2 aromatic rings. The van der Waals surface area contributed by atoms with E-state index < -0.39 is 17.5 Å². The Labute approximate surface area is 122 Å². The molecule has 0 aromatic heterocycles. The number of amides is 1. The highest BCUT2D eigenvalue weighted by Gasteiger charge is 2.15. The molecule has 0 aliphatic rings. The van der Waals surface area contributed by atoms with Crippen molar-refractivity contribution in [2.24, 2.45) is 0 Å². The van der Waals surface area contributed by atoms with Gasteiger partial charge in [-0.2, -0.15) is 0 Å². The van der Waals surface area contributed by atoms with Gasteiger partial charge in [0.2, 0.25) is 0 Å². The van der Waals surface area contributed by atoms with Gasteiger partial charge in [0.15, 0.2) is 0 Å². The quantitative estimate of drug-likeness (QED) is 0.842. The summed E-state index contributed by atoms with van der Waals surface area (Å²) in [6.07, 6.45) is 0. The molecule has 0 fully saturated rings. The monoisotopic (exact) mass is 340 g/mol. The molecule has 0 bridgehead atoms. The topological polar surface area (TPSA) is 55.1 Å². The van der Waals surface area contributed by atoms with Crippen LogP contribution in [-0.4, -0.2) is 5.91 Å². The van der Waals surface area contributed by atoms with E-state index in [-0.39, 0.29) is 17.8 Å². The lowest BCUT2D eigenvalue weighted by atomic mass is 10.1. The van der Waals surface area contributed by atoms with Crippen molar-refractivity contribution in [1.82, 2.24) is 5.32 Å². The number of nitrogens with two attached hydrogens (primary N) is 1. The van der Waals surface area contributed by atoms with Crippen molar-refractivity contribution < 1.29 is 13.6 Å². The Morgan fingerprint density at radius 1 is 1.20 bits per heavy atom. The first kappa shape index (κ1) is 14.5. The van der Waals surface area contributed by atoms with Gasteiger partial charge < -0.3 is 11.1 Å². The number of nitrogens with one attached hydrogen (secondary N) is 1. The summed E-state index contributed by atoms with van der Waals surface area (Å²) >= 11 is 3.34. The first-order chi connectivity index (χ1) is 9.49. The Bertz CT molecular complexity index is 662. The van der Waals surface area contributed by atoms with Crippen molar-refractivity contribution in [2.45, 2.75) is 6.54 Å². The number of carbonyl (C=O) groups excluding carboxylic acids is 1. The van der Waals surface area contributed by atoms with Gasteiger partial charge in [0, 0.05) is 17.1 Å². The van der Waals surface area contributed by atoms with Crippen molar-refractivity contribution in [3.63, 3.8) is 0 Å². The van der Waals surface area contributed by atoms with Crippen LogP contribution in [0.5, 0.6) is 0 Å². The zero-order valence-corrected chi connectivity index (χ0v) is 11.9. The average molecular weight is 341 g/mol. The second-order valence-electron chi connectivity index (χ2n) is 4.13. The fraction of sp³-hybridized carbons (Fsp3) is 0.0714. The van der Waals surface area contributed by atoms with Crippen LogP contribution in [0, 0.1) is 11.6 Å². The van der Waals surface area contributed by atoms with Crippen LogP contribution in [0.3, 0.4) is 0 Å². The van der Waals surface area contributed by atoms with Crippen LogP contribution < -0.4 is 11.1 Å². The molecule has 0 radical (unpaired) electrons. The maximum atomic E-state index is 13.5. The van der Waals surface area contributed by atoms with Crippen LogP contribution >= 0.6 is 15.9 Å². The normalized spacial score (nSPS) is 10.3. The molecule has 20 heavy (non-hydrogen) atoms. The van der Waals surface area contributed by atoms with Gasteiger partial charge in [0.25, 0.3) is 5.91 Å². The van der Waals surface area contributed by atoms with Crippen molar-refractivity contribution in [3.8, 4) is 0 Å². The molecule has 3 nitrogen and oxygen atoms in total. The number of rotatable bonds is 3. The molecule has 0 aliphatic heterocycles. The van der Waals surface area contributed by atoms with E-state index in [0.717, 1.165) is 16.1 Å².